The Bertz CT molecular complexity index is 477. The number of thiazole rings is 1. The van der Waals surface area contributed by atoms with E-state index in [1.807, 2.05) is 18.2 Å². The number of fused-ring (bicyclic) bond motifs is 1. The number of hydrogen-bond acceptors (Lipinski definition) is 4. The van der Waals surface area contributed by atoms with Crippen LogP contribution in [0, 0.1) is 11.8 Å². The summed E-state index contributed by atoms with van der Waals surface area (Å²) in [6.07, 6.45) is 0. The lowest BCUT2D eigenvalue weighted by Crippen LogP contribution is -1.75. The fourth-order valence-corrected chi connectivity index (χ4v) is 2.96. The van der Waals surface area contributed by atoms with Crippen molar-refractivity contribution in [3.63, 3.8) is 0 Å². The molecule has 0 aliphatic carbocycles. The van der Waals surface area contributed by atoms with Crippen molar-refractivity contribution in [1.29, 1.82) is 0 Å². The molecule has 1 aromatic heterocycles. The van der Waals surface area contributed by atoms with Crippen molar-refractivity contribution in [3.8, 4) is 11.8 Å². The van der Waals surface area contributed by atoms with E-state index < -0.39 is 0 Å². The van der Waals surface area contributed by atoms with E-state index in [4.69, 9.17) is 5.11 Å². The van der Waals surface area contributed by atoms with E-state index >= 15 is 0 Å². The smallest absolute Gasteiger partial charge is 0.152 e. The molecule has 0 aliphatic rings. The first-order chi connectivity index (χ1) is 7.40. The van der Waals surface area contributed by atoms with Gasteiger partial charge in [-0.3, -0.25) is 0 Å². The van der Waals surface area contributed by atoms with Gasteiger partial charge in [0, 0.05) is 0 Å². The zero-order chi connectivity index (χ0) is 10.5. The number of thioether (sulfide) groups is 1. The third-order valence-electron chi connectivity index (χ3n) is 1.75. The summed E-state index contributed by atoms with van der Waals surface area (Å²) in [5.41, 5.74) is 1.04. The average molecular weight is 235 g/mol. The van der Waals surface area contributed by atoms with E-state index in [-0.39, 0.29) is 6.61 Å². The zero-order valence-corrected chi connectivity index (χ0v) is 9.57. The van der Waals surface area contributed by atoms with Gasteiger partial charge in [0.05, 0.1) is 16.0 Å². The Balaban J connectivity index is 2.09. The van der Waals surface area contributed by atoms with Gasteiger partial charge in [0.25, 0.3) is 0 Å². The van der Waals surface area contributed by atoms with Crippen LogP contribution in [0.15, 0.2) is 28.6 Å². The Morgan fingerprint density at radius 1 is 1.33 bits per heavy atom. The van der Waals surface area contributed by atoms with E-state index in [2.05, 4.69) is 22.9 Å². The molecule has 15 heavy (non-hydrogen) atoms. The van der Waals surface area contributed by atoms with Gasteiger partial charge in [-0.25, -0.2) is 4.98 Å². The van der Waals surface area contributed by atoms with E-state index in [0.29, 0.717) is 5.75 Å². The molecule has 0 atom stereocenters. The van der Waals surface area contributed by atoms with Crippen LogP contribution in [0.1, 0.15) is 0 Å². The predicted octanol–water partition coefficient (Wildman–Crippen LogP) is 2.38. The summed E-state index contributed by atoms with van der Waals surface area (Å²) in [5, 5.41) is 8.48. The summed E-state index contributed by atoms with van der Waals surface area (Å²) >= 11 is 3.29. The summed E-state index contributed by atoms with van der Waals surface area (Å²) in [6.45, 7) is -0.0690. The van der Waals surface area contributed by atoms with Gasteiger partial charge >= 0.3 is 0 Å². The van der Waals surface area contributed by atoms with Crippen molar-refractivity contribution in [2.24, 2.45) is 0 Å². The molecule has 1 N–H and O–H groups in total. The molecular weight excluding hydrogens is 226 g/mol. The van der Waals surface area contributed by atoms with Crippen LogP contribution in [-0.2, 0) is 0 Å². The summed E-state index contributed by atoms with van der Waals surface area (Å²) in [6, 6.07) is 8.08. The normalized spacial score (nSPS) is 9.93. The molecule has 0 amide bonds. The standard InChI is InChI=1S/C11H9NOS2/c13-7-3-4-8-14-11-12-9-5-1-2-6-10(9)15-11/h1-2,5-6,13H,7-8H2. The van der Waals surface area contributed by atoms with Crippen LogP contribution in [0.2, 0.25) is 0 Å². The van der Waals surface area contributed by atoms with E-state index in [1.165, 1.54) is 4.70 Å². The van der Waals surface area contributed by atoms with Gasteiger partial charge in [0.2, 0.25) is 0 Å². The van der Waals surface area contributed by atoms with Gasteiger partial charge in [0.15, 0.2) is 4.34 Å². The fourth-order valence-electron chi connectivity index (χ4n) is 1.12. The molecule has 1 aromatic carbocycles. The number of aromatic nitrogens is 1. The minimum Gasteiger partial charge on any atom is -0.384 e. The monoisotopic (exact) mass is 235 g/mol. The van der Waals surface area contributed by atoms with Crippen molar-refractivity contribution >= 4 is 33.3 Å². The molecule has 0 aliphatic heterocycles. The first-order valence-corrected chi connectivity index (χ1v) is 6.25. The van der Waals surface area contributed by atoms with Gasteiger partial charge in [-0.15, -0.1) is 11.3 Å². The topological polar surface area (TPSA) is 33.1 Å². The average Bonchev–Trinajstić information content (AvgIpc) is 2.67. The minimum absolute atomic E-state index is 0.0690. The van der Waals surface area contributed by atoms with E-state index in [0.717, 1.165) is 9.86 Å². The van der Waals surface area contributed by atoms with Crippen LogP contribution < -0.4 is 0 Å². The Kier molecular flexibility index (Phi) is 3.62. The second-order valence-electron chi connectivity index (χ2n) is 2.75. The van der Waals surface area contributed by atoms with Crippen molar-refractivity contribution < 1.29 is 5.11 Å². The molecule has 0 saturated carbocycles. The second-order valence-corrected chi connectivity index (χ2v) is 5.00. The van der Waals surface area contributed by atoms with Crippen molar-refractivity contribution in [2.75, 3.05) is 12.4 Å². The molecule has 2 aromatic rings. The lowest BCUT2D eigenvalue weighted by molar-refractivity contribution is 0.350. The number of benzene rings is 1. The molecule has 0 unspecified atom stereocenters. The third kappa shape index (κ3) is 2.72. The van der Waals surface area contributed by atoms with Crippen molar-refractivity contribution in [1.82, 2.24) is 4.98 Å². The molecule has 2 nitrogen and oxygen atoms in total. The van der Waals surface area contributed by atoms with Crippen LogP contribution in [0.25, 0.3) is 10.2 Å². The van der Waals surface area contributed by atoms with Crippen LogP contribution in [0.4, 0.5) is 0 Å². The maximum atomic E-state index is 8.48. The van der Waals surface area contributed by atoms with Crippen LogP contribution >= 0.6 is 23.1 Å². The number of hydrogen-bond donors (Lipinski definition) is 1. The quantitative estimate of drug-likeness (QED) is 0.641. The molecule has 0 spiro atoms. The zero-order valence-electron chi connectivity index (χ0n) is 7.93. The number of para-hydroxylation sites is 1. The Morgan fingerprint density at radius 3 is 3.00 bits per heavy atom. The molecule has 0 fully saturated rings. The first-order valence-electron chi connectivity index (χ1n) is 4.45. The van der Waals surface area contributed by atoms with E-state index in [9.17, 15) is 0 Å². The molecule has 2 rings (SSSR count). The minimum atomic E-state index is -0.0690. The van der Waals surface area contributed by atoms with Crippen molar-refractivity contribution in [2.45, 2.75) is 4.34 Å². The molecular formula is C11H9NOS2. The summed E-state index contributed by atoms with van der Waals surface area (Å²) in [7, 11) is 0. The summed E-state index contributed by atoms with van der Waals surface area (Å²) in [4.78, 5) is 4.46. The SMILES string of the molecule is OCC#CCSc1nc2ccccc2s1. The number of aliphatic hydroxyl groups excluding tert-OH is 1. The number of nitrogens with zero attached hydrogens (tertiary/aromatic N) is 1. The maximum absolute atomic E-state index is 8.48. The Hall–Kier alpha value is -1.02. The fraction of sp³-hybridized carbons (Fsp3) is 0.182. The largest absolute Gasteiger partial charge is 0.384 e. The van der Waals surface area contributed by atoms with Gasteiger partial charge in [-0.2, -0.15) is 0 Å². The van der Waals surface area contributed by atoms with Crippen LogP contribution in [0.5, 0.6) is 0 Å². The molecule has 0 bridgehead atoms. The summed E-state index contributed by atoms with van der Waals surface area (Å²) < 4.78 is 2.23. The van der Waals surface area contributed by atoms with Crippen LogP contribution in [-0.4, -0.2) is 22.5 Å². The van der Waals surface area contributed by atoms with Gasteiger partial charge < -0.3 is 5.11 Å². The van der Waals surface area contributed by atoms with Crippen molar-refractivity contribution in [3.05, 3.63) is 24.3 Å². The lowest BCUT2D eigenvalue weighted by atomic mass is 10.3. The maximum Gasteiger partial charge on any atom is 0.152 e. The molecule has 0 saturated heterocycles. The highest BCUT2D eigenvalue weighted by Gasteiger charge is 2.01. The highest BCUT2D eigenvalue weighted by molar-refractivity contribution is 8.01. The Labute approximate surface area is 96.3 Å². The number of aliphatic hydroxyl groups is 1. The third-order valence-corrected chi connectivity index (χ3v) is 3.81. The molecule has 1 heterocycles. The predicted molar refractivity (Wildman–Crippen MR) is 65.2 cm³/mol. The molecule has 76 valence electrons. The Morgan fingerprint density at radius 2 is 2.20 bits per heavy atom. The van der Waals surface area contributed by atoms with Gasteiger partial charge in [0.1, 0.15) is 6.61 Å². The van der Waals surface area contributed by atoms with Crippen LogP contribution in [0.3, 0.4) is 0 Å². The molecule has 0 radical (unpaired) electrons. The number of rotatable bonds is 2. The van der Waals surface area contributed by atoms with Gasteiger partial charge in [-0.05, 0) is 12.1 Å². The highest BCUT2D eigenvalue weighted by atomic mass is 32.2. The lowest BCUT2D eigenvalue weighted by Gasteiger charge is -1.85. The second kappa shape index (κ2) is 5.17. The van der Waals surface area contributed by atoms with E-state index in [1.54, 1.807) is 23.1 Å². The highest BCUT2D eigenvalue weighted by Crippen LogP contribution is 2.28. The summed E-state index contributed by atoms with van der Waals surface area (Å²) in [5.74, 6) is 6.15. The first kappa shape index (κ1) is 10.5. The molecule has 4 heteroatoms. The van der Waals surface area contributed by atoms with Gasteiger partial charge in [-0.1, -0.05) is 35.7 Å².